The van der Waals surface area contributed by atoms with Crippen LogP contribution in [0, 0.1) is 5.92 Å². The molecule has 0 amide bonds. The maximum absolute atomic E-state index is 11.3. The van der Waals surface area contributed by atoms with E-state index < -0.39 is 0 Å². The van der Waals surface area contributed by atoms with E-state index in [0.717, 1.165) is 17.1 Å². The van der Waals surface area contributed by atoms with E-state index in [2.05, 4.69) is 4.90 Å². The number of ether oxygens (including phenoxy) is 1. The minimum atomic E-state index is -0.178. The van der Waals surface area contributed by atoms with Crippen LogP contribution in [0.3, 0.4) is 0 Å². The number of hydrogen-bond donors (Lipinski definition) is 0. The normalized spacial score (nSPS) is 12.5. The Labute approximate surface area is 107 Å². The summed E-state index contributed by atoms with van der Waals surface area (Å²) < 4.78 is 4.70. The average Bonchev–Trinajstić information content (AvgIpc) is 2.27. The maximum atomic E-state index is 11.3. The molecule has 94 valence electrons. The molecule has 1 unspecified atom stereocenters. The lowest BCUT2D eigenvalue weighted by Gasteiger charge is -2.20. The Balaban J connectivity index is 2.49. The summed E-state index contributed by atoms with van der Waals surface area (Å²) in [5.74, 6) is -0.299. The Morgan fingerprint density at radius 2 is 2.24 bits per heavy atom. The molecule has 4 heteroatoms. The molecule has 0 N–H and O–H groups in total. The molecule has 1 rings (SSSR count). The molecular formula is C13H18ClNO2. The van der Waals surface area contributed by atoms with Crippen molar-refractivity contribution in [2.45, 2.75) is 13.5 Å². The first-order chi connectivity index (χ1) is 8.02. The van der Waals surface area contributed by atoms with E-state index in [1.165, 1.54) is 7.11 Å². The van der Waals surface area contributed by atoms with Gasteiger partial charge in [0.15, 0.2) is 0 Å². The fourth-order valence-electron chi connectivity index (χ4n) is 1.75. The highest BCUT2D eigenvalue weighted by Gasteiger charge is 2.15. The first kappa shape index (κ1) is 14.0. The molecule has 0 aliphatic heterocycles. The number of carbonyl (C=O) groups is 1. The van der Waals surface area contributed by atoms with E-state index in [-0.39, 0.29) is 11.9 Å². The molecule has 0 saturated heterocycles. The van der Waals surface area contributed by atoms with Crippen molar-refractivity contribution in [2.75, 3.05) is 20.7 Å². The SMILES string of the molecule is COC(=O)C(C)CN(C)Cc1cccc(Cl)c1. The van der Waals surface area contributed by atoms with E-state index in [1.807, 2.05) is 38.2 Å². The van der Waals surface area contributed by atoms with Crippen LogP contribution in [-0.2, 0) is 16.1 Å². The van der Waals surface area contributed by atoms with Gasteiger partial charge >= 0.3 is 5.97 Å². The highest BCUT2D eigenvalue weighted by molar-refractivity contribution is 6.30. The quantitative estimate of drug-likeness (QED) is 0.758. The molecule has 0 heterocycles. The van der Waals surface area contributed by atoms with Gasteiger partial charge in [-0.15, -0.1) is 0 Å². The zero-order valence-electron chi connectivity index (χ0n) is 10.4. The van der Waals surface area contributed by atoms with Gasteiger partial charge in [-0.3, -0.25) is 4.79 Å². The minimum absolute atomic E-state index is 0.121. The van der Waals surface area contributed by atoms with Crippen LogP contribution in [-0.4, -0.2) is 31.6 Å². The summed E-state index contributed by atoms with van der Waals surface area (Å²) in [6, 6.07) is 7.73. The van der Waals surface area contributed by atoms with Crippen molar-refractivity contribution in [2.24, 2.45) is 5.92 Å². The fourth-order valence-corrected chi connectivity index (χ4v) is 1.97. The topological polar surface area (TPSA) is 29.5 Å². The van der Waals surface area contributed by atoms with Crippen molar-refractivity contribution >= 4 is 17.6 Å². The van der Waals surface area contributed by atoms with Gasteiger partial charge < -0.3 is 9.64 Å². The van der Waals surface area contributed by atoms with Gasteiger partial charge in [0, 0.05) is 18.1 Å². The summed E-state index contributed by atoms with van der Waals surface area (Å²) in [5, 5.41) is 0.733. The highest BCUT2D eigenvalue weighted by atomic mass is 35.5. The van der Waals surface area contributed by atoms with E-state index in [4.69, 9.17) is 16.3 Å². The summed E-state index contributed by atoms with van der Waals surface area (Å²) in [5.41, 5.74) is 1.14. The molecule has 1 aromatic carbocycles. The van der Waals surface area contributed by atoms with Crippen molar-refractivity contribution in [1.82, 2.24) is 4.90 Å². The summed E-state index contributed by atoms with van der Waals surface area (Å²) >= 11 is 5.91. The van der Waals surface area contributed by atoms with Crippen LogP contribution < -0.4 is 0 Å². The number of benzene rings is 1. The predicted octanol–water partition coefficient (Wildman–Crippen LogP) is 2.58. The van der Waals surface area contributed by atoms with Gasteiger partial charge in [0.05, 0.1) is 13.0 Å². The van der Waals surface area contributed by atoms with E-state index >= 15 is 0 Å². The molecule has 0 aliphatic carbocycles. The Morgan fingerprint density at radius 1 is 1.53 bits per heavy atom. The Bertz CT molecular complexity index is 381. The molecule has 0 saturated carbocycles. The van der Waals surface area contributed by atoms with Crippen molar-refractivity contribution in [3.8, 4) is 0 Å². The standard InChI is InChI=1S/C13H18ClNO2/c1-10(13(16)17-3)8-15(2)9-11-5-4-6-12(14)7-11/h4-7,10H,8-9H2,1-3H3. The zero-order valence-corrected chi connectivity index (χ0v) is 11.2. The average molecular weight is 256 g/mol. The van der Waals surface area contributed by atoms with Crippen molar-refractivity contribution in [1.29, 1.82) is 0 Å². The second-order valence-corrected chi connectivity index (χ2v) is 4.69. The highest BCUT2D eigenvalue weighted by Crippen LogP contribution is 2.12. The Hall–Kier alpha value is -1.06. The smallest absolute Gasteiger partial charge is 0.309 e. The fraction of sp³-hybridized carbons (Fsp3) is 0.462. The molecule has 0 aliphatic rings. The van der Waals surface area contributed by atoms with Crippen LogP contribution in [0.5, 0.6) is 0 Å². The van der Waals surface area contributed by atoms with E-state index in [1.54, 1.807) is 0 Å². The lowest BCUT2D eigenvalue weighted by molar-refractivity contribution is -0.145. The number of carbonyl (C=O) groups excluding carboxylic acids is 1. The molecule has 0 fully saturated rings. The number of esters is 1. The van der Waals surface area contributed by atoms with Gasteiger partial charge in [-0.25, -0.2) is 0 Å². The number of halogens is 1. The summed E-state index contributed by atoms with van der Waals surface area (Å²) in [7, 11) is 3.39. The monoisotopic (exact) mass is 255 g/mol. The minimum Gasteiger partial charge on any atom is -0.469 e. The molecule has 0 spiro atoms. The number of methoxy groups -OCH3 is 1. The molecule has 1 aromatic rings. The molecule has 0 aromatic heterocycles. The van der Waals surface area contributed by atoms with Gasteiger partial charge in [0.2, 0.25) is 0 Å². The van der Waals surface area contributed by atoms with Crippen LogP contribution in [0.25, 0.3) is 0 Å². The van der Waals surface area contributed by atoms with Gasteiger partial charge in [-0.2, -0.15) is 0 Å². The maximum Gasteiger partial charge on any atom is 0.309 e. The molecule has 3 nitrogen and oxygen atoms in total. The van der Waals surface area contributed by atoms with Crippen LogP contribution >= 0.6 is 11.6 Å². The summed E-state index contributed by atoms with van der Waals surface area (Å²) in [6.07, 6.45) is 0. The summed E-state index contributed by atoms with van der Waals surface area (Å²) in [6.45, 7) is 3.29. The van der Waals surface area contributed by atoms with Gasteiger partial charge in [0.1, 0.15) is 0 Å². The Kier molecular flexibility index (Phi) is 5.45. The third-order valence-electron chi connectivity index (χ3n) is 2.53. The predicted molar refractivity (Wildman–Crippen MR) is 69.0 cm³/mol. The van der Waals surface area contributed by atoms with Crippen LogP contribution in [0.15, 0.2) is 24.3 Å². The van der Waals surface area contributed by atoms with Gasteiger partial charge in [0.25, 0.3) is 0 Å². The molecule has 0 radical (unpaired) electrons. The van der Waals surface area contributed by atoms with Crippen LogP contribution in [0.2, 0.25) is 5.02 Å². The summed E-state index contributed by atoms with van der Waals surface area (Å²) in [4.78, 5) is 13.4. The molecule has 17 heavy (non-hydrogen) atoms. The lowest BCUT2D eigenvalue weighted by Crippen LogP contribution is -2.29. The molecule has 1 atom stereocenters. The molecular weight excluding hydrogens is 238 g/mol. The van der Waals surface area contributed by atoms with Crippen LogP contribution in [0.1, 0.15) is 12.5 Å². The van der Waals surface area contributed by atoms with E-state index in [0.29, 0.717) is 6.54 Å². The number of rotatable bonds is 5. The first-order valence-corrected chi connectivity index (χ1v) is 5.91. The van der Waals surface area contributed by atoms with Gasteiger partial charge in [-0.1, -0.05) is 30.7 Å². The number of nitrogens with zero attached hydrogens (tertiary/aromatic N) is 1. The third-order valence-corrected chi connectivity index (χ3v) is 2.77. The second-order valence-electron chi connectivity index (χ2n) is 4.25. The lowest BCUT2D eigenvalue weighted by atomic mass is 10.1. The van der Waals surface area contributed by atoms with Crippen molar-refractivity contribution < 1.29 is 9.53 Å². The van der Waals surface area contributed by atoms with Crippen molar-refractivity contribution in [3.63, 3.8) is 0 Å². The second kappa shape index (κ2) is 6.62. The van der Waals surface area contributed by atoms with E-state index in [9.17, 15) is 4.79 Å². The first-order valence-electron chi connectivity index (χ1n) is 5.53. The van der Waals surface area contributed by atoms with Crippen LogP contribution in [0.4, 0.5) is 0 Å². The van der Waals surface area contributed by atoms with Gasteiger partial charge in [-0.05, 0) is 24.7 Å². The largest absolute Gasteiger partial charge is 0.469 e. The Morgan fingerprint density at radius 3 is 2.82 bits per heavy atom. The third kappa shape index (κ3) is 4.75. The number of hydrogen-bond acceptors (Lipinski definition) is 3. The van der Waals surface area contributed by atoms with Crippen molar-refractivity contribution in [3.05, 3.63) is 34.9 Å². The zero-order chi connectivity index (χ0) is 12.8. The molecule has 0 bridgehead atoms.